The van der Waals surface area contributed by atoms with Crippen molar-refractivity contribution in [2.24, 2.45) is 5.73 Å². The number of imidazole rings is 1. The number of rotatable bonds is 5. The molecule has 2 aliphatic rings. The first-order chi connectivity index (χ1) is 16.7. The predicted molar refractivity (Wildman–Crippen MR) is 136 cm³/mol. The van der Waals surface area contributed by atoms with E-state index in [-0.39, 0.29) is 11.6 Å². The van der Waals surface area contributed by atoms with Crippen LogP contribution in [0.2, 0.25) is 0 Å². The fourth-order valence-corrected chi connectivity index (χ4v) is 5.69. The molecule has 0 saturated heterocycles. The van der Waals surface area contributed by atoms with Crippen LogP contribution in [0.3, 0.4) is 0 Å². The van der Waals surface area contributed by atoms with Crippen LogP contribution in [0.15, 0.2) is 84.7 Å². The van der Waals surface area contributed by atoms with Crippen molar-refractivity contribution in [2.45, 2.75) is 56.7 Å². The zero-order valence-corrected chi connectivity index (χ0v) is 19.5. The summed E-state index contributed by atoms with van der Waals surface area (Å²) in [5.41, 5.74) is 13.9. The molecule has 5 nitrogen and oxygen atoms in total. The van der Waals surface area contributed by atoms with Crippen LogP contribution in [-0.2, 0) is 18.5 Å². The first-order valence-corrected chi connectivity index (χ1v) is 12.4. The molecule has 2 aliphatic carbocycles. The second kappa shape index (κ2) is 8.73. The van der Waals surface area contributed by atoms with Crippen molar-refractivity contribution in [3.63, 3.8) is 0 Å². The van der Waals surface area contributed by atoms with Gasteiger partial charge in [-0.3, -0.25) is 4.98 Å². The van der Waals surface area contributed by atoms with E-state index in [1.807, 2.05) is 12.3 Å². The second-order valence-electron chi connectivity index (χ2n) is 9.71. The molecule has 34 heavy (non-hydrogen) atoms. The van der Waals surface area contributed by atoms with Crippen molar-refractivity contribution in [1.82, 2.24) is 19.9 Å². The van der Waals surface area contributed by atoms with Crippen LogP contribution in [0.25, 0.3) is 11.0 Å². The van der Waals surface area contributed by atoms with E-state index in [4.69, 9.17) is 15.7 Å². The molecular formula is C29H31N5. The Kier molecular flexibility index (Phi) is 5.42. The van der Waals surface area contributed by atoms with E-state index < -0.39 is 0 Å². The Morgan fingerprint density at radius 3 is 2.68 bits per heavy atom. The van der Waals surface area contributed by atoms with Gasteiger partial charge >= 0.3 is 0 Å². The van der Waals surface area contributed by atoms with E-state index in [1.54, 1.807) is 0 Å². The minimum atomic E-state index is -0.307. The Morgan fingerprint density at radius 2 is 1.85 bits per heavy atom. The van der Waals surface area contributed by atoms with Crippen LogP contribution in [0, 0.1) is 0 Å². The van der Waals surface area contributed by atoms with E-state index in [2.05, 4.69) is 76.6 Å². The summed E-state index contributed by atoms with van der Waals surface area (Å²) >= 11 is 0. The van der Waals surface area contributed by atoms with Gasteiger partial charge in [-0.05, 0) is 67.9 Å². The van der Waals surface area contributed by atoms with E-state index in [0.29, 0.717) is 0 Å². The number of para-hydroxylation sites is 2. The number of pyridine rings is 1. The van der Waals surface area contributed by atoms with Gasteiger partial charge < -0.3 is 15.6 Å². The maximum Gasteiger partial charge on any atom is 0.126 e. The molecule has 0 spiro atoms. The van der Waals surface area contributed by atoms with Gasteiger partial charge in [0.1, 0.15) is 5.82 Å². The lowest BCUT2D eigenvalue weighted by molar-refractivity contribution is 0.193. The number of benzene rings is 2. The molecule has 0 bridgehead atoms. The van der Waals surface area contributed by atoms with Gasteiger partial charge in [0.15, 0.2) is 0 Å². The summed E-state index contributed by atoms with van der Waals surface area (Å²) in [5, 5.41) is 0. The van der Waals surface area contributed by atoms with Crippen LogP contribution in [-0.4, -0.2) is 19.9 Å². The van der Waals surface area contributed by atoms with Crippen molar-refractivity contribution in [1.29, 1.82) is 0 Å². The third-order valence-electron chi connectivity index (χ3n) is 7.55. The lowest BCUT2D eigenvalue weighted by atomic mass is 9.79. The fourth-order valence-electron chi connectivity index (χ4n) is 5.69. The van der Waals surface area contributed by atoms with Gasteiger partial charge in [-0.2, -0.15) is 0 Å². The normalized spacial score (nSPS) is 22.3. The minimum absolute atomic E-state index is 0.256. The highest BCUT2D eigenvalue weighted by Crippen LogP contribution is 2.41. The summed E-state index contributed by atoms with van der Waals surface area (Å²) < 4.78 is 0. The molecular weight excluding hydrogens is 418 g/mol. The van der Waals surface area contributed by atoms with E-state index in [1.165, 1.54) is 28.9 Å². The highest BCUT2D eigenvalue weighted by Gasteiger charge is 2.34. The SMILES string of the molecule is N[C@]1(c2ccccc2)CC=C(N(Cc2nc3ccccc3[nH]2)C2CCCc3cccnc32)CC1. The molecule has 2 atom stereocenters. The molecule has 1 unspecified atom stereocenters. The average molecular weight is 450 g/mol. The summed E-state index contributed by atoms with van der Waals surface area (Å²) in [6, 6.07) is 23.4. The van der Waals surface area contributed by atoms with Gasteiger partial charge in [-0.1, -0.05) is 54.6 Å². The second-order valence-corrected chi connectivity index (χ2v) is 9.71. The van der Waals surface area contributed by atoms with Gasteiger partial charge in [-0.15, -0.1) is 0 Å². The van der Waals surface area contributed by atoms with Crippen LogP contribution < -0.4 is 5.73 Å². The molecule has 2 aromatic carbocycles. The van der Waals surface area contributed by atoms with Gasteiger partial charge in [0.25, 0.3) is 0 Å². The molecule has 3 N–H and O–H groups in total. The molecule has 4 aromatic rings. The standard InChI is InChI=1S/C29H31N5/c30-29(22-10-2-1-3-11-22)17-15-23(16-18-29)34(20-27-32-24-12-4-5-13-25(24)33-27)26-14-6-8-21-9-7-19-31-28(21)26/h1-5,7,9-13,15,19,26H,6,8,14,16-18,20,30H2,(H,32,33)/t26?,29-/m1/s1. The number of fused-ring (bicyclic) bond motifs is 2. The third-order valence-corrected chi connectivity index (χ3v) is 7.55. The number of aromatic nitrogens is 3. The molecule has 2 heterocycles. The summed E-state index contributed by atoms with van der Waals surface area (Å²) in [5.74, 6) is 0.998. The molecule has 0 fully saturated rings. The number of nitrogens with zero attached hydrogens (tertiary/aromatic N) is 3. The van der Waals surface area contributed by atoms with Crippen molar-refractivity contribution < 1.29 is 0 Å². The van der Waals surface area contributed by atoms with Crippen LogP contribution >= 0.6 is 0 Å². The Labute approximate surface area is 200 Å². The average Bonchev–Trinajstić information content (AvgIpc) is 3.31. The first kappa shape index (κ1) is 21.1. The number of hydrogen-bond acceptors (Lipinski definition) is 4. The van der Waals surface area contributed by atoms with Gasteiger partial charge in [0.05, 0.1) is 29.3 Å². The van der Waals surface area contributed by atoms with Crippen molar-refractivity contribution in [2.75, 3.05) is 0 Å². The number of allylic oxidation sites excluding steroid dienone is 1. The molecule has 0 amide bonds. The minimum Gasteiger partial charge on any atom is -0.359 e. The van der Waals surface area contributed by atoms with Crippen molar-refractivity contribution >= 4 is 11.0 Å². The molecule has 0 saturated carbocycles. The number of nitrogens with one attached hydrogen (secondary N) is 1. The van der Waals surface area contributed by atoms with Gasteiger partial charge in [0, 0.05) is 17.4 Å². The topological polar surface area (TPSA) is 70.8 Å². The maximum absolute atomic E-state index is 6.91. The first-order valence-electron chi connectivity index (χ1n) is 12.4. The highest BCUT2D eigenvalue weighted by molar-refractivity contribution is 5.74. The van der Waals surface area contributed by atoms with Crippen molar-refractivity contribution in [3.8, 4) is 0 Å². The summed E-state index contributed by atoms with van der Waals surface area (Å²) in [7, 11) is 0. The maximum atomic E-state index is 6.91. The molecule has 0 radical (unpaired) electrons. The molecule has 172 valence electrons. The zero-order valence-electron chi connectivity index (χ0n) is 19.5. The van der Waals surface area contributed by atoms with Crippen LogP contribution in [0.5, 0.6) is 0 Å². The van der Waals surface area contributed by atoms with Crippen LogP contribution in [0.1, 0.15) is 60.8 Å². The number of hydrogen-bond donors (Lipinski definition) is 2. The Hall–Kier alpha value is -3.44. The van der Waals surface area contributed by atoms with E-state index in [0.717, 1.165) is 55.5 Å². The molecule has 5 heteroatoms. The molecule has 2 aromatic heterocycles. The van der Waals surface area contributed by atoms with Gasteiger partial charge in [-0.25, -0.2) is 4.98 Å². The van der Waals surface area contributed by atoms with E-state index in [9.17, 15) is 0 Å². The Morgan fingerprint density at radius 1 is 1.00 bits per heavy atom. The van der Waals surface area contributed by atoms with Crippen molar-refractivity contribution in [3.05, 3.63) is 107 Å². The third kappa shape index (κ3) is 3.90. The van der Waals surface area contributed by atoms with Gasteiger partial charge in [0.2, 0.25) is 0 Å². The lowest BCUT2D eigenvalue weighted by Crippen LogP contribution is -2.40. The molecule has 6 rings (SSSR count). The lowest BCUT2D eigenvalue weighted by Gasteiger charge is -2.41. The number of aromatic amines is 1. The Bertz CT molecular complexity index is 1290. The smallest absolute Gasteiger partial charge is 0.126 e. The summed E-state index contributed by atoms with van der Waals surface area (Å²) in [4.78, 5) is 15.9. The Balaban J connectivity index is 1.36. The number of H-pyrrole nitrogens is 1. The highest BCUT2D eigenvalue weighted by atomic mass is 15.2. The largest absolute Gasteiger partial charge is 0.359 e. The summed E-state index contributed by atoms with van der Waals surface area (Å²) in [6.07, 6.45) is 10.4. The predicted octanol–water partition coefficient (Wildman–Crippen LogP) is 5.76. The van der Waals surface area contributed by atoms with Crippen LogP contribution in [0.4, 0.5) is 0 Å². The number of aryl methyl sites for hydroxylation is 1. The zero-order chi connectivity index (χ0) is 23.0. The fraction of sp³-hybridized carbons (Fsp3) is 0.310. The van der Waals surface area contributed by atoms with E-state index >= 15 is 0 Å². The molecule has 0 aliphatic heterocycles. The monoisotopic (exact) mass is 449 g/mol. The summed E-state index contributed by atoms with van der Waals surface area (Å²) in [6.45, 7) is 0.740. The quantitative estimate of drug-likeness (QED) is 0.406. The number of nitrogens with two attached hydrogens (primary N) is 1.